The number of aliphatic hydroxyl groups excluding tert-OH is 1. The molecular formula is C16H21ClO2. The molecule has 0 spiro atoms. The van der Waals surface area contributed by atoms with Crippen molar-refractivity contribution in [3.63, 3.8) is 0 Å². The second-order valence-electron chi connectivity index (χ2n) is 6.12. The van der Waals surface area contributed by atoms with Crippen molar-refractivity contribution in [2.45, 2.75) is 51.2 Å². The Morgan fingerprint density at radius 3 is 2.89 bits per heavy atom. The summed E-state index contributed by atoms with van der Waals surface area (Å²) in [6.45, 7) is 2.32. The van der Waals surface area contributed by atoms with Crippen molar-refractivity contribution in [3.8, 4) is 5.75 Å². The lowest BCUT2D eigenvalue weighted by Crippen LogP contribution is -2.35. The second-order valence-corrected chi connectivity index (χ2v) is 6.56. The third-order valence-corrected chi connectivity index (χ3v) is 4.80. The Labute approximate surface area is 119 Å². The van der Waals surface area contributed by atoms with Crippen molar-refractivity contribution in [2.24, 2.45) is 11.8 Å². The summed E-state index contributed by atoms with van der Waals surface area (Å²) in [5.41, 5.74) is 0.840. The summed E-state index contributed by atoms with van der Waals surface area (Å²) in [7, 11) is 0. The summed E-state index contributed by atoms with van der Waals surface area (Å²) in [4.78, 5) is 0. The van der Waals surface area contributed by atoms with Gasteiger partial charge in [-0.3, -0.25) is 0 Å². The van der Waals surface area contributed by atoms with E-state index in [0.717, 1.165) is 17.2 Å². The van der Waals surface area contributed by atoms with E-state index in [1.807, 2.05) is 18.2 Å². The molecule has 0 saturated heterocycles. The number of halogens is 1. The van der Waals surface area contributed by atoms with Crippen LogP contribution in [0, 0.1) is 11.8 Å². The van der Waals surface area contributed by atoms with E-state index in [1.165, 1.54) is 25.7 Å². The first-order valence-corrected chi connectivity index (χ1v) is 7.65. The van der Waals surface area contributed by atoms with Crippen molar-refractivity contribution in [2.75, 3.05) is 0 Å². The quantitative estimate of drug-likeness (QED) is 0.829. The fourth-order valence-corrected chi connectivity index (χ4v) is 3.73. The van der Waals surface area contributed by atoms with Gasteiger partial charge in [0.05, 0.1) is 6.10 Å². The average molecular weight is 281 g/mol. The molecule has 1 aromatic rings. The van der Waals surface area contributed by atoms with Crippen LogP contribution in [0.1, 0.15) is 50.7 Å². The standard InChI is InChI=1S/C16H21ClO2/c1-10-3-2-4-11(7-10)16-9-14(18)13-8-12(17)5-6-15(13)19-16/h5-6,8,10-11,14,16,18H,2-4,7,9H2,1H3. The molecule has 0 bridgehead atoms. The van der Waals surface area contributed by atoms with Crippen LogP contribution in [0.15, 0.2) is 18.2 Å². The number of fused-ring (bicyclic) bond motifs is 1. The Hall–Kier alpha value is -0.730. The van der Waals surface area contributed by atoms with Gasteiger partial charge in [0.25, 0.3) is 0 Å². The predicted octanol–water partition coefficient (Wildman–Crippen LogP) is 4.35. The van der Waals surface area contributed by atoms with Crippen LogP contribution >= 0.6 is 11.6 Å². The maximum absolute atomic E-state index is 10.3. The van der Waals surface area contributed by atoms with Crippen LogP contribution in [0.25, 0.3) is 0 Å². The molecule has 1 aromatic carbocycles. The fourth-order valence-electron chi connectivity index (χ4n) is 3.55. The number of aliphatic hydroxyl groups is 1. The molecule has 19 heavy (non-hydrogen) atoms. The molecule has 1 aliphatic heterocycles. The summed E-state index contributed by atoms with van der Waals surface area (Å²) in [6, 6.07) is 5.54. The van der Waals surface area contributed by atoms with E-state index in [1.54, 1.807) is 0 Å². The summed E-state index contributed by atoms with van der Waals surface area (Å²) < 4.78 is 6.13. The summed E-state index contributed by atoms with van der Waals surface area (Å²) in [5, 5.41) is 11.0. The van der Waals surface area contributed by atoms with Gasteiger partial charge in [-0.25, -0.2) is 0 Å². The molecule has 1 heterocycles. The Balaban J connectivity index is 1.79. The van der Waals surface area contributed by atoms with Crippen molar-refractivity contribution in [1.29, 1.82) is 0 Å². The van der Waals surface area contributed by atoms with E-state index in [0.29, 0.717) is 17.4 Å². The van der Waals surface area contributed by atoms with E-state index in [9.17, 15) is 5.11 Å². The third kappa shape index (κ3) is 2.75. The first-order valence-electron chi connectivity index (χ1n) is 7.27. The lowest BCUT2D eigenvalue weighted by molar-refractivity contribution is 0.0172. The number of benzene rings is 1. The SMILES string of the molecule is CC1CCCC(C2CC(O)c3cc(Cl)ccc3O2)C1. The summed E-state index contributed by atoms with van der Waals surface area (Å²) in [5.74, 6) is 2.18. The van der Waals surface area contributed by atoms with Crippen LogP contribution in [0.4, 0.5) is 0 Å². The Morgan fingerprint density at radius 1 is 1.26 bits per heavy atom. The predicted molar refractivity (Wildman–Crippen MR) is 76.6 cm³/mol. The topological polar surface area (TPSA) is 29.5 Å². The Morgan fingerprint density at radius 2 is 2.11 bits per heavy atom. The molecule has 0 amide bonds. The van der Waals surface area contributed by atoms with Crippen molar-refractivity contribution in [1.82, 2.24) is 0 Å². The average Bonchev–Trinajstić information content (AvgIpc) is 2.39. The molecule has 3 rings (SSSR count). The highest BCUT2D eigenvalue weighted by Gasteiger charge is 2.34. The van der Waals surface area contributed by atoms with Gasteiger partial charge in [-0.15, -0.1) is 0 Å². The van der Waals surface area contributed by atoms with Gasteiger partial charge in [-0.1, -0.05) is 31.4 Å². The monoisotopic (exact) mass is 280 g/mol. The summed E-state index contributed by atoms with van der Waals surface area (Å²) in [6.07, 6.45) is 5.49. The van der Waals surface area contributed by atoms with Gasteiger partial charge in [0.2, 0.25) is 0 Å². The van der Waals surface area contributed by atoms with Gasteiger partial charge in [0.15, 0.2) is 0 Å². The van der Waals surface area contributed by atoms with Gasteiger partial charge in [0.1, 0.15) is 11.9 Å². The van der Waals surface area contributed by atoms with Crippen molar-refractivity contribution >= 4 is 11.6 Å². The van der Waals surface area contributed by atoms with Crippen LogP contribution in [-0.4, -0.2) is 11.2 Å². The smallest absolute Gasteiger partial charge is 0.125 e. The molecule has 3 heteroatoms. The van der Waals surface area contributed by atoms with Crippen LogP contribution in [0.5, 0.6) is 5.75 Å². The van der Waals surface area contributed by atoms with Crippen LogP contribution < -0.4 is 4.74 Å². The van der Waals surface area contributed by atoms with Gasteiger partial charge >= 0.3 is 0 Å². The number of hydrogen-bond acceptors (Lipinski definition) is 2. The highest BCUT2D eigenvalue weighted by atomic mass is 35.5. The molecule has 104 valence electrons. The molecule has 2 nitrogen and oxygen atoms in total. The minimum atomic E-state index is -0.440. The number of rotatable bonds is 1. The lowest BCUT2D eigenvalue weighted by atomic mass is 9.77. The van der Waals surface area contributed by atoms with Gasteiger partial charge in [-0.2, -0.15) is 0 Å². The van der Waals surface area contributed by atoms with Crippen LogP contribution in [0.2, 0.25) is 5.02 Å². The lowest BCUT2D eigenvalue weighted by Gasteiger charge is -2.38. The van der Waals surface area contributed by atoms with Crippen molar-refractivity contribution < 1.29 is 9.84 Å². The fraction of sp³-hybridized carbons (Fsp3) is 0.625. The minimum Gasteiger partial charge on any atom is -0.490 e. The van der Waals surface area contributed by atoms with Crippen LogP contribution in [-0.2, 0) is 0 Å². The highest BCUT2D eigenvalue weighted by molar-refractivity contribution is 6.30. The largest absolute Gasteiger partial charge is 0.490 e. The zero-order valence-corrected chi connectivity index (χ0v) is 12.1. The molecule has 0 radical (unpaired) electrons. The number of ether oxygens (including phenoxy) is 1. The molecular weight excluding hydrogens is 260 g/mol. The first kappa shape index (κ1) is 13.3. The highest BCUT2D eigenvalue weighted by Crippen LogP contribution is 2.42. The van der Waals surface area contributed by atoms with E-state index in [-0.39, 0.29) is 6.10 Å². The minimum absolute atomic E-state index is 0.159. The van der Waals surface area contributed by atoms with E-state index >= 15 is 0 Å². The maximum atomic E-state index is 10.3. The second kappa shape index (κ2) is 5.34. The van der Waals surface area contributed by atoms with E-state index in [4.69, 9.17) is 16.3 Å². The zero-order valence-electron chi connectivity index (χ0n) is 11.3. The normalized spacial score (nSPS) is 34.5. The van der Waals surface area contributed by atoms with E-state index in [2.05, 4.69) is 6.92 Å². The Kier molecular flexibility index (Phi) is 3.72. The molecule has 0 aromatic heterocycles. The molecule has 1 N–H and O–H groups in total. The molecule has 1 saturated carbocycles. The van der Waals surface area contributed by atoms with Gasteiger partial charge in [0, 0.05) is 17.0 Å². The third-order valence-electron chi connectivity index (χ3n) is 4.57. The van der Waals surface area contributed by atoms with Gasteiger partial charge < -0.3 is 9.84 Å². The molecule has 4 atom stereocenters. The zero-order chi connectivity index (χ0) is 13.4. The Bertz CT molecular complexity index is 460. The summed E-state index contributed by atoms with van der Waals surface area (Å²) >= 11 is 5.98. The van der Waals surface area contributed by atoms with E-state index < -0.39 is 6.10 Å². The van der Waals surface area contributed by atoms with Gasteiger partial charge in [-0.05, 0) is 42.9 Å². The number of hydrogen-bond donors (Lipinski definition) is 1. The maximum Gasteiger partial charge on any atom is 0.125 e. The molecule has 1 aliphatic carbocycles. The first-order chi connectivity index (χ1) is 9.13. The molecule has 1 fully saturated rings. The molecule has 4 unspecified atom stereocenters. The molecule has 2 aliphatic rings. The van der Waals surface area contributed by atoms with Crippen molar-refractivity contribution in [3.05, 3.63) is 28.8 Å². The van der Waals surface area contributed by atoms with Crippen LogP contribution in [0.3, 0.4) is 0 Å².